The molecule has 1 saturated heterocycles. The van der Waals surface area contributed by atoms with Gasteiger partial charge in [-0.05, 0) is 44.2 Å². The fourth-order valence-corrected chi connectivity index (χ4v) is 4.84. The molecule has 0 aromatic heterocycles. The molecule has 5 nitrogen and oxygen atoms in total. The van der Waals surface area contributed by atoms with Gasteiger partial charge >= 0.3 is 6.09 Å². The zero-order valence-electron chi connectivity index (χ0n) is 11.5. The molecular formula is C13H18NO4PS. The lowest BCUT2D eigenvalue weighted by Gasteiger charge is -2.37. The van der Waals surface area contributed by atoms with Crippen molar-refractivity contribution in [3.05, 3.63) is 30.3 Å². The van der Waals surface area contributed by atoms with Crippen molar-refractivity contribution < 1.29 is 18.6 Å². The number of carbonyl (C=O) groups excluding carboxylic acids is 1. The predicted octanol–water partition coefficient (Wildman–Crippen LogP) is 3.70. The van der Waals surface area contributed by atoms with Crippen LogP contribution in [0.1, 0.15) is 20.3 Å². The van der Waals surface area contributed by atoms with Crippen molar-refractivity contribution in [1.29, 1.82) is 0 Å². The van der Waals surface area contributed by atoms with Crippen LogP contribution in [-0.2, 0) is 25.6 Å². The Bertz CT molecular complexity index is 510. The topological polar surface area (TPSA) is 48.0 Å². The summed E-state index contributed by atoms with van der Waals surface area (Å²) in [5.41, 5.74) is 0.628. The van der Waals surface area contributed by atoms with Crippen molar-refractivity contribution in [2.75, 3.05) is 17.9 Å². The number of benzene rings is 1. The van der Waals surface area contributed by atoms with Crippen molar-refractivity contribution in [1.82, 2.24) is 0 Å². The Labute approximate surface area is 124 Å². The number of nitrogens with zero attached hydrogens (tertiary/aromatic N) is 1. The van der Waals surface area contributed by atoms with Gasteiger partial charge in [0, 0.05) is 0 Å². The van der Waals surface area contributed by atoms with E-state index in [1.165, 1.54) is 4.67 Å². The largest absolute Gasteiger partial charge is 0.449 e. The second-order valence-corrected chi connectivity index (χ2v) is 7.54. The van der Waals surface area contributed by atoms with Crippen LogP contribution in [0.25, 0.3) is 0 Å². The summed E-state index contributed by atoms with van der Waals surface area (Å²) < 4.78 is 17.9. The van der Waals surface area contributed by atoms with E-state index in [1.54, 1.807) is 19.1 Å². The minimum atomic E-state index is -2.90. The normalized spacial score (nSPS) is 26.0. The first-order valence-corrected chi connectivity index (χ1v) is 9.11. The Morgan fingerprint density at radius 2 is 2.20 bits per heavy atom. The monoisotopic (exact) mass is 315 g/mol. The molecule has 1 aliphatic heterocycles. The average Bonchev–Trinajstić information content (AvgIpc) is 2.39. The van der Waals surface area contributed by atoms with E-state index in [0.29, 0.717) is 12.3 Å². The van der Waals surface area contributed by atoms with Gasteiger partial charge in [-0.15, -0.1) is 0 Å². The van der Waals surface area contributed by atoms with Gasteiger partial charge in [-0.25, -0.2) is 9.46 Å². The summed E-state index contributed by atoms with van der Waals surface area (Å²) in [5.74, 6) is 0. The van der Waals surface area contributed by atoms with Crippen molar-refractivity contribution in [3.63, 3.8) is 0 Å². The molecule has 2 rings (SSSR count). The number of rotatable bonds is 3. The van der Waals surface area contributed by atoms with E-state index in [9.17, 15) is 4.79 Å². The van der Waals surface area contributed by atoms with Crippen LogP contribution in [0.3, 0.4) is 0 Å². The summed E-state index contributed by atoms with van der Waals surface area (Å²) in [6.45, 7) is 1.54. The van der Waals surface area contributed by atoms with Gasteiger partial charge in [0.05, 0.1) is 25.0 Å². The average molecular weight is 315 g/mol. The maximum absolute atomic E-state index is 12.3. The van der Waals surface area contributed by atoms with Crippen molar-refractivity contribution in [2.45, 2.75) is 26.4 Å². The molecule has 20 heavy (non-hydrogen) atoms. The van der Waals surface area contributed by atoms with E-state index in [-0.39, 0.29) is 12.7 Å². The maximum atomic E-state index is 12.3. The Balaban J connectivity index is 2.36. The molecule has 2 atom stereocenters. The van der Waals surface area contributed by atoms with E-state index in [0.717, 1.165) is 6.42 Å². The third-order valence-corrected chi connectivity index (χ3v) is 5.86. The second-order valence-electron chi connectivity index (χ2n) is 4.35. The van der Waals surface area contributed by atoms with Gasteiger partial charge in [0.25, 0.3) is 6.64 Å². The molecule has 0 radical (unpaired) electrons. The fraction of sp³-hybridized carbons (Fsp3) is 0.462. The van der Waals surface area contributed by atoms with Crippen LogP contribution < -0.4 is 4.67 Å². The molecule has 110 valence electrons. The van der Waals surface area contributed by atoms with Crippen LogP contribution in [-0.4, -0.2) is 25.4 Å². The molecule has 0 saturated carbocycles. The van der Waals surface area contributed by atoms with Gasteiger partial charge in [-0.1, -0.05) is 18.2 Å². The fourth-order valence-electron chi connectivity index (χ4n) is 1.85. The molecule has 1 amide bonds. The molecule has 7 heteroatoms. The quantitative estimate of drug-likeness (QED) is 0.796. The van der Waals surface area contributed by atoms with Crippen molar-refractivity contribution in [2.24, 2.45) is 0 Å². The van der Waals surface area contributed by atoms with E-state index < -0.39 is 12.7 Å². The molecular weight excluding hydrogens is 297 g/mol. The summed E-state index contributed by atoms with van der Waals surface area (Å²) in [4.78, 5) is 12.3. The van der Waals surface area contributed by atoms with Gasteiger partial charge in [0.1, 0.15) is 0 Å². The minimum absolute atomic E-state index is 0.0322. The van der Waals surface area contributed by atoms with E-state index in [4.69, 9.17) is 25.6 Å². The smallest absolute Gasteiger partial charge is 0.421 e. The van der Waals surface area contributed by atoms with Gasteiger partial charge in [0.2, 0.25) is 0 Å². The standard InChI is InChI=1S/C13H18NO4PS/c1-3-16-13(15)14(12-7-5-4-6-8-12)19(20)17-10-9-11(2)18-19/h4-8,11H,3,9-10H2,1-2H3/t11-,19+/m1/s1. The number of para-hydroxylation sites is 1. The van der Waals surface area contributed by atoms with E-state index in [2.05, 4.69) is 0 Å². The first kappa shape index (κ1) is 15.4. The summed E-state index contributed by atoms with van der Waals surface area (Å²) in [6.07, 6.45) is 0.204. The number of amides is 1. The third-order valence-electron chi connectivity index (χ3n) is 2.78. The Kier molecular flexibility index (Phi) is 5.16. The number of hydrogen-bond donors (Lipinski definition) is 0. The number of ether oxygens (including phenoxy) is 1. The minimum Gasteiger partial charge on any atom is -0.449 e. The highest BCUT2D eigenvalue weighted by molar-refractivity contribution is 8.11. The summed E-state index contributed by atoms with van der Waals surface area (Å²) in [5, 5.41) is 0. The molecule has 1 aliphatic rings. The predicted molar refractivity (Wildman–Crippen MR) is 81.3 cm³/mol. The van der Waals surface area contributed by atoms with Crippen molar-refractivity contribution in [3.8, 4) is 0 Å². The van der Waals surface area contributed by atoms with Crippen LogP contribution in [0.5, 0.6) is 0 Å². The van der Waals surface area contributed by atoms with Gasteiger partial charge in [0.15, 0.2) is 0 Å². The lowest BCUT2D eigenvalue weighted by Crippen LogP contribution is -2.34. The highest BCUT2D eigenvalue weighted by Gasteiger charge is 2.39. The summed E-state index contributed by atoms with van der Waals surface area (Å²) in [7, 11) is 0. The molecule has 0 spiro atoms. The van der Waals surface area contributed by atoms with Crippen LogP contribution in [0.4, 0.5) is 10.5 Å². The Hall–Kier alpha value is -0.940. The first-order valence-electron chi connectivity index (χ1n) is 6.52. The van der Waals surface area contributed by atoms with Gasteiger partial charge in [-0.3, -0.25) is 0 Å². The first-order chi connectivity index (χ1) is 9.57. The number of anilines is 1. The zero-order chi connectivity index (χ0) is 14.6. The number of hydrogen-bond acceptors (Lipinski definition) is 5. The van der Waals surface area contributed by atoms with Crippen molar-refractivity contribution >= 4 is 30.2 Å². The van der Waals surface area contributed by atoms with Crippen LogP contribution >= 0.6 is 6.64 Å². The second kappa shape index (κ2) is 6.68. The highest BCUT2D eigenvalue weighted by atomic mass is 32.5. The summed E-state index contributed by atoms with van der Waals surface area (Å²) in [6, 6.07) is 9.10. The molecule has 0 aliphatic carbocycles. The molecule has 1 aromatic rings. The van der Waals surface area contributed by atoms with E-state index in [1.807, 2.05) is 25.1 Å². The number of carbonyl (C=O) groups is 1. The lowest BCUT2D eigenvalue weighted by molar-refractivity contribution is 0.114. The molecule has 0 bridgehead atoms. The Morgan fingerprint density at radius 1 is 1.50 bits per heavy atom. The third kappa shape index (κ3) is 3.38. The highest BCUT2D eigenvalue weighted by Crippen LogP contribution is 2.57. The van der Waals surface area contributed by atoms with Crippen LogP contribution in [0.15, 0.2) is 30.3 Å². The molecule has 0 N–H and O–H groups in total. The van der Waals surface area contributed by atoms with E-state index >= 15 is 0 Å². The molecule has 0 unspecified atom stereocenters. The molecule has 1 fully saturated rings. The molecule has 1 aromatic carbocycles. The summed E-state index contributed by atoms with van der Waals surface area (Å²) >= 11 is 5.52. The zero-order valence-corrected chi connectivity index (χ0v) is 13.2. The van der Waals surface area contributed by atoms with Crippen LogP contribution in [0, 0.1) is 0 Å². The Morgan fingerprint density at radius 3 is 2.80 bits per heavy atom. The van der Waals surface area contributed by atoms with Crippen LogP contribution in [0.2, 0.25) is 0 Å². The van der Waals surface area contributed by atoms with Gasteiger partial charge in [-0.2, -0.15) is 0 Å². The lowest BCUT2D eigenvalue weighted by atomic mass is 10.3. The molecule has 1 heterocycles. The van der Waals surface area contributed by atoms with Gasteiger partial charge < -0.3 is 13.8 Å². The SMILES string of the molecule is CCOC(=O)N(c1ccccc1)[P@]1(=S)OCC[C@@H](C)O1. The maximum Gasteiger partial charge on any atom is 0.421 e.